The number of nitrogens with one attached hydrogen (secondary N) is 1. The van der Waals surface area contributed by atoms with Crippen molar-refractivity contribution < 1.29 is 5.21 Å². The lowest BCUT2D eigenvalue weighted by Gasteiger charge is -2.07. The Bertz CT molecular complexity index is 550. The van der Waals surface area contributed by atoms with Crippen LogP contribution in [0.25, 0.3) is 0 Å². The quantitative estimate of drug-likeness (QED) is 0.232. The van der Waals surface area contributed by atoms with E-state index in [9.17, 15) is 0 Å². The van der Waals surface area contributed by atoms with Crippen molar-refractivity contribution in [3.63, 3.8) is 0 Å². The van der Waals surface area contributed by atoms with E-state index in [1.807, 2.05) is 41.2 Å². The molecule has 0 bridgehead atoms. The van der Waals surface area contributed by atoms with Crippen molar-refractivity contribution in [1.82, 2.24) is 15.1 Å². The highest BCUT2D eigenvalue weighted by Crippen LogP contribution is 2.05. The molecule has 0 saturated carbocycles. The number of rotatable bonds is 7. The molecule has 0 unspecified atom stereocenters. The number of oxime groups is 1. The number of hydrogen-bond acceptors (Lipinski definition) is 4. The van der Waals surface area contributed by atoms with Gasteiger partial charge in [-0.25, -0.2) is 0 Å². The predicted molar refractivity (Wildman–Crippen MR) is 77.5 cm³/mol. The van der Waals surface area contributed by atoms with Gasteiger partial charge in [0, 0.05) is 31.0 Å². The Balaban J connectivity index is 1.74. The van der Waals surface area contributed by atoms with Crippen LogP contribution in [0.15, 0.2) is 47.9 Å². The van der Waals surface area contributed by atoms with Gasteiger partial charge in [0.05, 0.1) is 0 Å². The van der Waals surface area contributed by atoms with E-state index in [0.29, 0.717) is 0 Å². The van der Waals surface area contributed by atoms with Crippen LogP contribution in [-0.4, -0.2) is 27.4 Å². The minimum Gasteiger partial charge on any atom is -0.409 e. The maximum Gasteiger partial charge on any atom is 0.170 e. The Labute approximate surface area is 117 Å². The molecule has 4 N–H and O–H groups in total. The first-order valence-corrected chi connectivity index (χ1v) is 6.54. The van der Waals surface area contributed by atoms with Crippen molar-refractivity contribution in [2.24, 2.45) is 10.9 Å². The zero-order chi connectivity index (χ0) is 14.2. The number of aryl methyl sites for hydroxylation is 1. The molecule has 0 radical (unpaired) electrons. The Morgan fingerprint density at radius 1 is 1.40 bits per heavy atom. The average molecular weight is 273 g/mol. The molecule has 0 atom stereocenters. The van der Waals surface area contributed by atoms with E-state index in [2.05, 4.69) is 15.6 Å². The van der Waals surface area contributed by atoms with Gasteiger partial charge in [0.15, 0.2) is 5.84 Å². The summed E-state index contributed by atoms with van der Waals surface area (Å²) in [5.41, 5.74) is 7.39. The summed E-state index contributed by atoms with van der Waals surface area (Å²) in [6.45, 7) is 2.57. The first-order chi connectivity index (χ1) is 9.79. The number of nitrogens with two attached hydrogens (primary N) is 1. The minimum atomic E-state index is 0.130. The Morgan fingerprint density at radius 3 is 3.05 bits per heavy atom. The Morgan fingerprint density at radius 2 is 2.30 bits per heavy atom. The number of aromatic nitrogens is 2. The van der Waals surface area contributed by atoms with Gasteiger partial charge in [0.2, 0.25) is 0 Å². The molecule has 0 aliphatic heterocycles. The SMILES string of the molecule is N/C(=N/O)c1cccc(CNCCCn2cccn2)c1. The summed E-state index contributed by atoms with van der Waals surface area (Å²) in [6.07, 6.45) is 4.76. The first-order valence-electron chi connectivity index (χ1n) is 6.54. The van der Waals surface area contributed by atoms with Crippen LogP contribution in [0, 0.1) is 0 Å². The van der Waals surface area contributed by atoms with Gasteiger partial charge in [-0.3, -0.25) is 4.68 Å². The molecule has 2 rings (SSSR count). The highest BCUT2D eigenvalue weighted by Gasteiger charge is 2.00. The van der Waals surface area contributed by atoms with Crippen molar-refractivity contribution in [1.29, 1.82) is 0 Å². The molecule has 20 heavy (non-hydrogen) atoms. The summed E-state index contributed by atoms with van der Waals surface area (Å²) in [5, 5.41) is 19.2. The van der Waals surface area contributed by atoms with Gasteiger partial charge < -0.3 is 16.3 Å². The van der Waals surface area contributed by atoms with E-state index in [1.165, 1.54) is 0 Å². The van der Waals surface area contributed by atoms with Crippen molar-refractivity contribution in [3.05, 3.63) is 53.9 Å². The van der Waals surface area contributed by atoms with Crippen LogP contribution in [0.2, 0.25) is 0 Å². The monoisotopic (exact) mass is 273 g/mol. The van der Waals surface area contributed by atoms with E-state index in [4.69, 9.17) is 10.9 Å². The third-order valence-corrected chi connectivity index (χ3v) is 2.96. The van der Waals surface area contributed by atoms with Gasteiger partial charge in [-0.05, 0) is 30.7 Å². The largest absolute Gasteiger partial charge is 0.409 e. The standard InChI is InChI=1S/C14H19N5O/c15-14(18-20)13-5-1-4-12(10-13)11-16-6-2-8-19-9-3-7-17-19/h1,3-5,7,9-10,16,20H,2,6,8,11H2,(H2,15,18). The number of hydrogen-bond donors (Lipinski definition) is 3. The van der Waals surface area contributed by atoms with Crippen molar-refractivity contribution in [2.45, 2.75) is 19.5 Å². The molecule has 0 fully saturated rings. The molecule has 1 aromatic carbocycles. The molecule has 6 nitrogen and oxygen atoms in total. The van der Waals surface area contributed by atoms with Gasteiger partial charge in [0.1, 0.15) is 0 Å². The lowest BCUT2D eigenvalue weighted by Crippen LogP contribution is -2.18. The first kappa shape index (κ1) is 14.1. The molecule has 0 saturated heterocycles. The van der Waals surface area contributed by atoms with E-state index in [0.717, 1.165) is 37.2 Å². The van der Waals surface area contributed by atoms with Gasteiger partial charge >= 0.3 is 0 Å². The van der Waals surface area contributed by atoms with Crippen molar-refractivity contribution >= 4 is 5.84 Å². The smallest absolute Gasteiger partial charge is 0.170 e. The van der Waals surface area contributed by atoms with Gasteiger partial charge in [0.25, 0.3) is 0 Å². The Kier molecular flexibility index (Phi) is 5.14. The van der Waals surface area contributed by atoms with E-state index >= 15 is 0 Å². The second-order valence-electron chi connectivity index (χ2n) is 4.49. The van der Waals surface area contributed by atoms with Crippen molar-refractivity contribution in [3.8, 4) is 0 Å². The van der Waals surface area contributed by atoms with Crippen LogP contribution < -0.4 is 11.1 Å². The van der Waals surface area contributed by atoms with Crippen LogP contribution in [-0.2, 0) is 13.1 Å². The molecule has 1 aromatic heterocycles. The molecule has 0 aliphatic carbocycles. The zero-order valence-corrected chi connectivity index (χ0v) is 11.2. The summed E-state index contributed by atoms with van der Waals surface area (Å²) in [5.74, 6) is 0.130. The highest BCUT2D eigenvalue weighted by molar-refractivity contribution is 5.97. The summed E-state index contributed by atoms with van der Waals surface area (Å²) in [4.78, 5) is 0. The molecule has 6 heteroatoms. The van der Waals surface area contributed by atoms with Crippen LogP contribution in [0.4, 0.5) is 0 Å². The molecule has 106 valence electrons. The fourth-order valence-corrected chi connectivity index (χ4v) is 1.93. The molecule has 0 amide bonds. The van der Waals surface area contributed by atoms with E-state index in [1.54, 1.807) is 6.20 Å². The molecular weight excluding hydrogens is 254 g/mol. The maximum absolute atomic E-state index is 8.65. The van der Waals surface area contributed by atoms with Crippen LogP contribution in [0.1, 0.15) is 17.5 Å². The lowest BCUT2D eigenvalue weighted by atomic mass is 10.1. The van der Waals surface area contributed by atoms with Crippen LogP contribution >= 0.6 is 0 Å². The third kappa shape index (κ3) is 4.10. The van der Waals surface area contributed by atoms with E-state index in [-0.39, 0.29) is 5.84 Å². The van der Waals surface area contributed by atoms with Gasteiger partial charge in [-0.15, -0.1) is 0 Å². The molecular formula is C14H19N5O. The fraction of sp³-hybridized carbons (Fsp3) is 0.286. The predicted octanol–water partition coefficient (Wildman–Crippen LogP) is 1.16. The van der Waals surface area contributed by atoms with Crippen LogP contribution in [0.5, 0.6) is 0 Å². The molecule has 2 aromatic rings. The summed E-state index contributed by atoms with van der Waals surface area (Å²) >= 11 is 0. The van der Waals surface area contributed by atoms with E-state index < -0.39 is 0 Å². The lowest BCUT2D eigenvalue weighted by molar-refractivity contribution is 0.318. The number of amidine groups is 1. The van der Waals surface area contributed by atoms with Gasteiger partial charge in [-0.2, -0.15) is 5.10 Å². The minimum absolute atomic E-state index is 0.130. The zero-order valence-electron chi connectivity index (χ0n) is 11.2. The second-order valence-corrected chi connectivity index (χ2v) is 4.49. The maximum atomic E-state index is 8.65. The third-order valence-electron chi connectivity index (χ3n) is 2.96. The number of nitrogens with zero attached hydrogens (tertiary/aromatic N) is 3. The van der Waals surface area contributed by atoms with Crippen molar-refractivity contribution in [2.75, 3.05) is 6.54 Å². The molecule has 1 heterocycles. The topological polar surface area (TPSA) is 88.5 Å². The summed E-state index contributed by atoms with van der Waals surface area (Å²) in [6, 6.07) is 9.56. The molecule has 0 spiro atoms. The summed E-state index contributed by atoms with van der Waals surface area (Å²) in [7, 11) is 0. The highest BCUT2D eigenvalue weighted by atomic mass is 16.4. The summed E-state index contributed by atoms with van der Waals surface area (Å²) < 4.78 is 1.92. The number of benzene rings is 1. The Hall–Kier alpha value is -2.34. The van der Waals surface area contributed by atoms with Gasteiger partial charge in [-0.1, -0.05) is 23.4 Å². The fourth-order valence-electron chi connectivity index (χ4n) is 1.93. The van der Waals surface area contributed by atoms with Crippen LogP contribution in [0.3, 0.4) is 0 Å². The average Bonchev–Trinajstić information content (AvgIpc) is 2.99. The normalized spacial score (nSPS) is 11.7. The second kappa shape index (κ2) is 7.30. The molecule has 0 aliphatic rings.